The zero-order valence-corrected chi connectivity index (χ0v) is 11.7. The van der Waals surface area contributed by atoms with Gasteiger partial charge in [0.25, 0.3) is 0 Å². The molecule has 0 amide bonds. The van der Waals surface area contributed by atoms with Crippen molar-refractivity contribution in [2.75, 3.05) is 6.54 Å². The molecule has 0 atom stereocenters. The van der Waals surface area contributed by atoms with Crippen LogP contribution in [0.25, 0.3) is 10.6 Å². The van der Waals surface area contributed by atoms with Crippen molar-refractivity contribution in [3.63, 3.8) is 0 Å². The van der Waals surface area contributed by atoms with Gasteiger partial charge in [-0.3, -0.25) is 0 Å². The minimum absolute atomic E-state index is 0.790. The van der Waals surface area contributed by atoms with Crippen LogP contribution < -0.4 is 5.73 Å². The quantitative estimate of drug-likeness (QED) is 0.752. The molecule has 0 saturated carbocycles. The van der Waals surface area contributed by atoms with Gasteiger partial charge in [0.1, 0.15) is 5.82 Å². The summed E-state index contributed by atoms with van der Waals surface area (Å²) in [5.41, 5.74) is 6.63. The number of hydrogen-bond acceptors (Lipinski definition) is 3. The van der Waals surface area contributed by atoms with Crippen LogP contribution >= 0.6 is 11.3 Å². The second kappa shape index (κ2) is 6.71. The smallest absolute Gasteiger partial charge is 0.106 e. The Balaban J connectivity index is 1.93. The van der Waals surface area contributed by atoms with Crippen LogP contribution in [0.2, 0.25) is 0 Å². The van der Waals surface area contributed by atoms with Crippen LogP contribution in [-0.4, -0.2) is 16.5 Å². The fraction of sp³-hybridized carbons (Fsp3) is 0.500. The molecule has 4 heteroatoms. The number of aromatic nitrogens is 2. The van der Waals surface area contributed by atoms with E-state index in [-0.39, 0.29) is 0 Å². The van der Waals surface area contributed by atoms with Gasteiger partial charge < -0.3 is 10.7 Å². The predicted octanol–water partition coefficient (Wildman–Crippen LogP) is 3.37. The molecule has 0 aromatic carbocycles. The Morgan fingerprint density at radius 3 is 2.89 bits per heavy atom. The molecule has 3 N–H and O–H groups in total. The number of aryl methyl sites for hydroxylation is 2. The first kappa shape index (κ1) is 13.3. The number of nitrogens with two attached hydrogens (primary N) is 1. The Morgan fingerprint density at radius 2 is 2.17 bits per heavy atom. The van der Waals surface area contributed by atoms with Crippen molar-refractivity contribution in [2.45, 2.75) is 39.0 Å². The van der Waals surface area contributed by atoms with Gasteiger partial charge in [0.2, 0.25) is 0 Å². The van der Waals surface area contributed by atoms with E-state index in [0.717, 1.165) is 43.7 Å². The summed E-state index contributed by atoms with van der Waals surface area (Å²) < 4.78 is 0. The lowest BCUT2D eigenvalue weighted by atomic mass is 10.2. The molecule has 0 aliphatic carbocycles. The monoisotopic (exact) mass is 263 g/mol. The number of H-pyrrole nitrogens is 1. The van der Waals surface area contributed by atoms with Crippen molar-refractivity contribution in [3.8, 4) is 10.6 Å². The van der Waals surface area contributed by atoms with E-state index in [1.54, 1.807) is 0 Å². The van der Waals surface area contributed by atoms with Crippen LogP contribution in [0, 0.1) is 0 Å². The summed E-state index contributed by atoms with van der Waals surface area (Å²) in [6, 6.07) is 4.37. The van der Waals surface area contributed by atoms with Gasteiger partial charge in [0.15, 0.2) is 0 Å². The van der Waals surface area contributed by atoms with E-state index in [9.17, 15) is 0 Å². The summed E-state index contributed by atoms with van der Waals surface area (Å²) in [4.78, 5) is 10.6. The summed E-state index contributed by atoms with van der Waals surface area (Å²) in [5, 5.41) is 0. The minimum Gasteiger partial charge on any atom is -0.341 e. The minimum atomic E-state index is 0.790. The normalized spacial score (nSPS) is 11.0. The third kappa shape index (κ3) is 3.43. The Labute approximate surface area is 112 Å². The van der Waals surface area contributed by atoms with E-state index in [1.807, 2.05) is 17.5 Å². The van der Waals surface area contributed by atoms with Crippen LogP contribution in [-0.2, 0) is 12.8 Å². The Morgan fingerprint density at radius 1 is 1.28 bits per heavy atom. The molecular formula is C14H21N3S. The van der Waals surface area contributed by atoms with Crippen LogP contribution in [0.4, 0.5) is 0 Å². The largest absolute Gasteiger partial charge is 0.341 e. The van der Waals surface area contributed by atoms with Crippen molar-refractivity contribution < 1.29 is 0 Å². The molecule has 18 heavy (non-hydrogen) atoms. The molecule has 0 unspecified atom stereocenters. The SMILES string of the molecule is CCc1ccc(-c2cnc(CCCCCN)[nH]2)s1. The van der Waals surface area contributed by atoms with Gasteiger partial charge in [-0.05, 0) is 37.9 Å². The molecule has 0 bridgehead atoms. The highest BCUT2D eigenvalue weighted by atomic mass is 32.1. The lowest BCUT2D eigenvalue weighted by Crippen LogP contribution is -1.98. The van der Waals surface area contributed by atoms with Crippen molar-refractivity contribution >= 4 is 11.3 Å². The van der Waals surface area contributed by atoms with E-state index in [1.165, 1.54) is 16.2 Å². The average Bonchev–Trinajstić information content (AvgIpc) is 3.03. The maximum atomic E-state index is 5.48. The van der Waals surface area contributed by atoms with E-state index in [4.69, 9.17) is 5.73 Å². The Bertz CT molecular complexity index is 473. The number of aromatic amines is 1. The van der Waals surface area contributed by atoms with Gasteiger partial charge in [-0.1, -0.05) is 13.3 Å². The molecule has 2 rings (SSSR count). The van der Waals surface area contributed by atoms with Gasteiger partial charge in [-0.2, -0.15) is 0 Å². The standard InChI is InChI=1S/C14H21N3S/c1-2-11-7-8-13(18-11)12-10-16-14(17-12)6-4-3-5-9-15/h7-8,10H,2-6,9,15H2,1H3,(H,16,17). The Kier molecular flexibility index (Phi) is 4.96. The second-order valence-corrected chi connectivity index (χ2v) is 5.63. The highest BCUT2D eigenvalue weighted by Crippen LogP contribution is 2.27. The van der Waals surface area contributed by atoms with Crippen molar-refractivity contribution in [2.24, 2.45) is 5.73 Å². The highest BCUT2D eigenvalue weighted by molar-refractivity contribution is 7.15. The van der Waals surface area contributed by atoms with E-state index < -0.39 is 0 Å². The van der Waals surface area contributed by atoms with Gasteiger partial charge in [0, 0.05) is 11.3 Å². The molecule has 0 aliphatic heterocycles. The molecule has 0 radical (unpaired) electrons. The molecular weight excluding hydrogens is 242 g/mol. The van der Waals surface area contributed by atoms with Crippen molar-refractivity contribution in [3.05, 3.63) is 29.0 Å². The fourth-order valence-corrected chi connectivity index (χ4v) is 2.85. The Hall–Kier alpha value is -1.13. The van der Waals surface area contributed by atoms with Gasteiger partial charge in [-0.15, -0.1) is 11.3 Å². The lowest BCUT2D eigenvalue weighted by molar-refractivity contribution is 0.673. The van der Waals surface area contributed by atoms with Crippen molar-refractivity contribution in [1.29, 1.82) is 0 Å². The number of nitrogens with one attached hydrogen (secondary N) is 1. The molecule has 2 aromatic heterocycles. The summed E-state index contributed by atoms with van der Waals surface area (Å²) in [7, 11) is 0. The number of hydrogen-bond donors (Lipinski definition) is 2. The average molecular weight is 263 g/mol. The zero-order valence-electron chi connectivity index (χ0n) is 10.9. The first-order valence-corrected chi connectivity index (χ1v) is 7.48. The molecule has 0 spiro atoms. The maximum absolute atomic E-state index is 5.48. The van der Waals surface area contributed by atoms with E-state index in [2.05, 4.69) is 29.0 Å². The third-order valence-corrected chi connectivity index (χ3v) is 4.28. The topological polar surface area (TPSA) is 54.7 Å². The van der Waals surface area contributed by atoms with Crippen LogP contribution in [0.5, 0.6) is 0 Å². The first-order valence-electron chi connectivity index (χ1n) is 6.66. The second-order valence-electron chi connectivity index (χ2n) is 4.46. The van der Waals surface area contributed by atoms with Gasteiger partial charge in [0.05, 0.1) is 16.8 Å². The van der Waals surface area contributed by atoms with Gasteiger partial charge >= 0.3 is 0 Å². The molecule has 0 saturated heterocycles. The van der Waals surface area contributed by atoms with E-state index in [0.29, 0.717) is 0 Å². The number of nitrogens with zero attached hydrogens (tertiary/aromatic N) is 1. The van der Waals surface area contributed by atoms with Crippen LogP contribution in [0.3, 0.4) is 0 Å². The maximum Gasteiger partial charge on any atom is 0.106 e. The molecule has 2 heterocycles. The zero-order chi connectivity index (χ0) is 12.8. The summed E-state index contributed by atoms with van der Waals surface area (Å²) in [5.74, 6) is 1.09. The third-order valence-electron chi connectivity index (χ3n) is 3.02. The number of unbranched alkanes of at least 4 members (excludes halogenated alkanes) is 2. The summed E-state index contributed by atoms with van der Waals surface area (Å²) in [6.45, 7) is 2.98. The lowest BCUT2D eigenvalue weighted by Gasteiger charge is -1.96. The first-order chi connectivity index (χ1) is 8.83. The predicted molar refractivity (Wildman–Crippen MR) is 77.9 cm³/mol. The van der Waals surface area contributed by atoms with Crippen LogP contribution in [0.1, 0.15) is 36.9 Å². The molecule has 0 fully saturated rings. The number of rotatable bonds is 7. The summed E-state index contributed by atoms with van der Waals surface area (Å²) >= 11 is 1.84. The molecule has 2 aromatic rings. The van der Waals surface area contributed by atoms with E-state index >= 15 is 0 Å². The van der Waals surface area contributed by atoms with Crippen molar-refractivity contribution in [1.82, 2.24) is 9.97 Å². The number of imidazole rings is 1. The summed E-state index contributed by atoms with van der Waals surface area (Å²) in [6.07, 6.45) is 7.53. The van der Waals surface area contributed by atoms with Crippen LogP contribution in [0.15, 0.2) is 18.3 Å². The number of thiophene rings is 1. The molecule has 0 aliphatic rings. The van der Waals surface area contributed by atoms with Gasteiger partial charge in [-0.25, -0.2) is 4.98 Å². The molecule has 98 valence electrons. The fourth-order valence-electron chi connectivity index (χ4n) is 1.94. The highest BCUT2D eigenvalue weighted by Gasteiger charge is 2.05. The molecule has 3 nitrogen and oxygen atoms in total.